The van der Waals surface area contributed by atoms with E-state index in [0.717, 1.165) is 6.07 Å². The molecule has 104 valence electrons. The molecule has 0 radical (unpaired) electrons. The summed E-state index contributed by atoms with van der Waals surface area (Å²) in [6, 6.07) is 4.96. The fraction of sp³-hybridized carbons (Fsp3) is 0. The highest BCUT2D eigenvalue weighted by Crippen LogP contribution is 2.38. The molecule has 0 heterocycles. The van der Waals surface area contributed by atoms with Gasteiger partial charge in [-0.1, -0.05) is 46.4 Å². The summed E-state index contributed by atoms with van der Waals surface area (Å²) >= 11 is 23.6. The Morgan fingerprint density at radius 3 is 2.25 bits per heavy atom. The van der Waals surface area contributed by atoms with Gasteiger partial charge >= 0.3 is 0 Å². The molecular formula is C13H6Cl4FNO. The maximum atomic E-state index is 13.4. The van der Waals surface area contributed by atoms with Crippen molar-refractivity contribution in [2.24, 2.45) is 0 Å². The maximum Gasteiger partial charge on any atom is 0.196 e. The summed E-state index contributed by atoms with van der Waals surface area (Å²) in [5.41, 5.74) is 5.31. The molecular weight excluding hydrogens is 347 g/mol. The molecule has 0 bridgehead atoms. The zero-order valence-corrected chi connectivity index (χ0v) is 12.7. The SMILES string of the molecule is Nc1ccc(C(=O)c2c(Cl)cc(Cl)c(Cl)c2Cl)cc1F. The molecule has 0 amide bonds. The first-order chi connectivity index (χ1) is 9.32. The van der Waals surface area contributed by atoms with Crippen LogP contribution in [0.25, 0.3) is 0 Å². The first-order valence-corrected chi connectivity index (χ1v) is 6.76. The van der Waals surface area contributed by atoms with E-state index in [1.807, 2.05) is 0 Å². The van der Waals surface area contributed by atoms with E-state index in [4.69, 9.17) is 52.1 Å². The lowest BCUT2D eigenvalue weighted by atomic mass is 10.0. The van der Waals surface area contributed by atoms with Crippen molar-refractivity contribution >= 4 is 57.9 Å². The maximum absolute atomic E-state index is 13.4. The molecule has 0 aliphatic heterocycles. The van der Waals surface area contributed by atoms with Gasteiger partial charge in [-0.2, -0.15) is 0 Å². The van der Waals surface area contributed by atoms with Crippen molar-refractivity contribution in [2.75, 3.05) is 5.73 Å². The lowest BCUT2D eigenvalue weighted by Crippen LogP contribution is -2.05. The van der Waals surface area contributed by atoms with Gasteiger partial charge in [-0.25, -0.2) is 4.39 Å². The molecule has 0 saturated heterocycles. The summed E-state index contributed by atoms with van der Waals surface area (Å²) < 4.78 is 13.4. The Hall–Kier alpha value is -1.000. The minimum Gasteiger partial charge on any atom is -0.396 e. The van der Waals surface area contributed by atoms with E-state index in [9.17, 15) is 9.18 Å². The topological polar surface area (TPSA) is 43.1 Å². The van der Waals surface area contributed by atoms with Crippen LogP contribution in [0, 0.1) is 5.82 Å². The largest absolute Gasteiger partial charge is 0.396 e. The first-order valence-electron chi connectivity index (χ1n) is 5.25. The van der Waals surface area contributed by atoms with Gasteiger partial charge in [-0.05, 0) is 24.3 Å². The van der Waals surface area contributed by atoms with Crippen molar-refractivity contribution in [1.82, 2.24) is 0 Å². The average molecular weight is 353 g/mol. The first kappa shape index (κ1) is 15.4. The van der Waals surface area contributed by atoms with Gasteiger partial charge < -0.3 is 5.73 Å². The van der Waals surface area contributed by atoms with Gasteiger partial charge in [0.2, 0.25) is 0 Å². The Morgan fingerprint density at radius 1 is 1.00 bits per heavy atom. The highest BCUT2D eigenvalue weighted by molar-refractivity contribution is 6.51. The van der Waals surface area contributed by atoms with Crippen LogP contribution < -0.4 is 5.73 Å². The second kappa shape index (κ2) is 5.78. The van der Waals surface area contributed by atoms with Crippen molar-refractivity contribution < 1.29 is 9.18 Å². The number of hydrogen-bond donors (Lipinski definition) is 1. The second-order valence-electron chi connectivity index (χ2n) is 3.91. The fourth-order valence-corrected chi connectivity index (χ4v) is 2.67. The summed E-state index contributed by atoms with van der Waals surface area (Å²) in [7, 11) is 0. The molecule has 0 fully saturated rings. The summed E-state index contributed by atoms with van der Waals surface area (Å²) in [5, 5.41) is 0.0942. The van der Waals surface area contributed by atoms with E-state index >= 15 is 0 Å². The van der Waals surface area contributed by atoms with Crippen LogP contribution in [0.4, 0.5) is 10.1 Å². The number of benzene rings is 2. The van der Waals surface area contributed by atoms with Gasteiger partial charge in [0.15, 0.2) is 5.78 Å². The normalized spacial score (nSPS) is 10.7. The number of carbonyl (C=O) groups is 1. The third-order valence-corrected chi connectivity index (χ3v) is 4.16. The summed E-state index contributed by atoms with van der Waals surface area (Å²) in [6.07, 6.45) is 0. The van der Waals surface area contributed by atoms with Gasteiger partial charge in [0.05, 0.1) is 31.3 Å². The van der Waals surface area contributed by atoms with Crippen molar-refractivity contribution in [1.29, 1.82) is 0 Å². The van der Waals surface area contributed by atoms with Gasteiger partial charge in [0.25, 0.3) is 0 Å². The van der Waals surface area contributed by atoms with E-state index in [2.05, 4.69) is 0 Å². The molecule has 0 unspecified atom stereocenters. The van der Waals surface area contributed by atoms with Crippen LogP contribution in [0.5, 0.6) is 0 Å². The Labute approximate surface area is 134 Å². The van der Waals surface area contributed by atoms with E-state index in [0.29, 0.717) is 0 Å². The van der Waals surface area contributed by atoms with Crippen LogP contribution in [0.2, 0.25) is 20.1 Å². The van der Waals surface area contributed by atoms with Crippen LogP contribution in [0.1, 0.15) is 15.9 Å². The molecule has 0 aliphatic rings. The molecule has 0 aliphatic carbocycles. The molecule has 2 nitrogen and oxygen atoms in total. The zero-order chi connectivity index (χ0) is 15.0. The Morgan fingerprint density at radius 2 is 1.65 bits per heavy atom. The van der Waals surface area contributed by atoms with E-state index in [-0.39, 0.29) is 36.9 Å². The molecule has 2 aromatic rings. The molecule has 0 atom stereocenters. The molecule has 0 aromatic heterocycles. The van der Waals surface area contributed by atoms with Gasteiger partial charge in [-0.3, -0.25) is 4.79 Å². The lowest BCUT2D eigenvalue weighted by Gasteiger charge is -2.09. The summed E-state index contributed by atoms with van der Waals surface area (Å²) in [6.45, 7) is 0. The van der Waals surface area contributed by atoms with Crippen LogP contribution in [-0.4, -0.2) is 5.78 Å². The lowest BCUT2D eigenvalue weighted by molar-refractivity contribution is 0.103. The molecule has 2 aromatic carbocycles. The monoisotopic (exact) mass is 351 g/mol. The third kappa shape index (κ3) is 2.72. The average Bonchev–Trinajstić information content (AvgIpc) is 2.39. The van der Waals surface area contributed by atoms with Gasteiger partial charge in [-0.15, -0.1) is 0 Å². The number of nitrogen functional groups attached to an aromatic ring is 1. The standard InChI is InChI=1S/C13H6Cl4FNO/c14-6-4-7(15)11(16)12(17)10(6)13(20)5-1-2-9(19)8(18)3-5/h1-4H,19H2. The zero-order valence-electron chi connectivity index (χ0n) is 9.68. The number of nitrogens with two attached hydrogens (primary N) is 1. The molecule has 20 heavy (non-hydrogen) atoms. The van der Waals surface area contributed by atoms with Crippen molar-refractivity contribution in [3.8, 4) is 0 Å². The molecule has 2 rings (SSSR count). The van der Waals surface area contributed by atoms with E-state index < -0.39 is 11.6 Å². The van der Waals surface area contributed by atoms with Crippen LogP contribution in [-0.2, 0) is 0 Å². The minimum atomic E-state index is -0.705. The third-order valence-electron chi connectivity index (χ3n) is 2.60. The predicted octanol–water partition coefficient (Wildman–Crippen LogP) is 5.25. The predicted molar refractivity (Wildman–Crippen MR) is 80.7 cm³/mol. The number of carbonyl (C=O) groups excluding carboxylic acids is 1. The van der Waals surface area contributed by atoms with E-state index in [1.54, 1.807) is 0 Å². The Bertz CT molecular complexity index is 718. The minimum absolute atomic E-state index is 0.0111. The Balaban J connectivity index is 2.59. The fourth-order valence-electron chi connectivity index (χ4n) is 1.59. The van der Waals surface area contributed by atoms with Crippen molar-refractivity contribution in [2.45, 2.75) is 0 Å². The summed E-state index contributed by atoms with van der Waals surface area (Å²) in [4.78, 5) is 12.3. The highest BCUT2D eigenvalue weighted by Gasteiger charge is 2.21. The highest BCUT2D eigenvalue weighted by atomic mass is 35.5. The Kier molecular flexibility index (Phi) is 4.45. The number of halogens is 5. The quantitative estimate of drug-likeness (QED) is 0.347. The number of rotatable bonds is 2. The summed E-state index contributed by atoms with van der Waals surface area (Å²) in [5.74, 6) is -1.28. The van der Waals surface area contributed by atoms with Crippen molar-refractivity contribution in [3.63, 3.8) is 0 Å². The molecule has 0 saturated carbocycles. The van der Waals surface area contributed by atoms with Gasteiger partial charge in [0.1, 0.15) is 5.82 Å². The molecule has 2 N–H and O–H groups in total. The van der Waals surface area contributed by atoms with Crippen LogP contribution >= 0.6 is 46.4 Å². The van der Waals surface area contributed by atoms with Crippen molar-refractivity contribution in [3.05, 3.63) is 61.3 Å². The van der Waals surface area contributed by atoms with Gasteiger partial charge in [0, 0.05) is 5.56 Å². The van der Waals surface area contributed by atoms with Crippen LogP contribution in [0.15, 0.2) is 24.3 Å². The second-order valence-corrected chi connectivity index (χ2v) is 5.48. The smallest absolute Gasteiger partial charge is 0.196 e. The number of ketones is 1. The van der Waals surface area contributed by atoms with Crippen LogP contribution in [0.3, 0.4) is 0 Å². The molecule has 0 spiro atoms. The number of anilines is 1. The van der Waals surface area contributed by atoms with E-state index in [1.165, 1.54) is 18.2 Å². The molecule has 7 heteroatoms. The number of hydrogen-bond acceptors (Lipinski definition) is 2.